The second kappa shape index (κ2) is 7.18. The van der Waals surface area contributed by atoms with E-state index in [1.54, 1.807) is 23.3 Å². The molecule has 0 bridgehead atoms. The third kappa shape index (κ3) is 3.42. The Labute approximate surface area is 162 Å². The largest absolute Gasteiger partial charge is 0.337 e. The van der Waals surface area contributed by atoms with Crippen LogP contribution >= 0.6 is 0 Å². The van der Waals surface area contributed by atoms with E-state index < -0.39 is 0 Å². The maximum Gasteiger partial charge on any atom is 0.274 e. The summed E-state index contributed by atoms with van der Waals surface area (Å²) in [6.45, 7) is 1.61. The van der Waals surface area contributed by atoms with Crippen molar-refractivity contribution in [3.63, 3.8) is 0 Å². The van der Waals surface area contributed by atoms with Gasteiger partial charge in [-0.05, 0) is 37.8 Å². The number of pyridine rings is 1. The molecule has 28 heavy (non-hydrogen) atoms. The third-order valence-corrected chi connectivity index (χ3v) is 5.34. The van der Waals surface area contributed by atoms with Gasteiger partial charge >= 0.3 is 0 Å². The predicted molar refractivity (Wildman–Crippen MR) is 101 cm³/mol. The number of nitrogens with zero attached hydrogens (tertiary/aromatic N) is 6. The minimum absolute atomic E-state index is 0.0113. The Hall–Kier alpha value is -3.03. The molecule has 5 rings (SSSR count). The van der Waals surface area contributed by atoms with Crippen molar-refractivity contribution < 1.29 is 9.32 Å². The third-order valence-electron chi connectivity index (χ3n) is 5.34. The summed E-state index contributed by atoms with van der Waals surface area (Å²) in [5, 5.41) is 4.07. The summed E-state index contributed by atoms with van der Waals surface area (Å²) in [7, 11) is 0. The van der Waals surface area contributed by atoms with Crippen molar-refractivity contribution in [1.82, 2.24) is 29.6 Å². The molecule has 0 radical (unpaired) electrons. The highest BCUT2D eigenvalue weighted by Crippen LogP contribution is 2.38. The quantitative estimate of drug-likeness (QED) is 0.692. The summed E-state index contributed by atoms with van der Waals surface area (Å²) in [6.07, 6.45) is 11.8. The van der Waals surface area contributed by atoms with Crippen molar-refractivity contribution in [3.05, 3.63) is 42.4 Å². The Morgan fingerprint density at radius 1 is 1.11 bits per heavy atom. The summed E-state index contributed by atoms with van der Waals surface area (Å²) in [4.78, 5) is 27.9. The molecule has 0 unspecified atom stereocenters. The van der Waals surface area contributed by atoms with E-state index in [1.807, 2.05) is 17.0 Å². The average Bonchev–Trinajstić information content (AvgIpc) is 3.35. The molecule has 0 atom stereocenters. The summed E-state index contributed by atoms with van der Waals surface area (Å²) >= 11 is 0. The number of hydrogen-bond donors (Lipinski definition) is 0. The Bertz CT molecular complexity index is 982. The molecule has 0 aromatic carbocycles. The molecular formula is C20H22N6O2. The van der Waals surface area contributed by atoms with Crippen molar-refractivity contribution >= 4 is 5.91 Å². The minimum atomic E-state index is -0.0113. The van der Waals surface area contributed by atoms with E-state index in [0.717, 1.165) is 50.2 Å². The number of hydrogen-bond acceptors (Lipinski definition) is 6. The van der Waals surface area contributed by atoms with Gasteiger partial charge in [0.05, 0.1) is 0 Å². The first kappa shape index (κ1) is 17.1. The fourth-order valence-corrected chi connectivity index (χ4v) is 3.55. The van der Waals surface area contributed by atoms with Gasteiger partial charge in [0.25, 0.3) is 11.8 Å². The molecule has 3 aromatic heterocycles. The zero-order chi connectivity index (χ0) is 18.9. The first-order valence-electron chi connectivity index (χ1n) is 9.91. The second-order valence-corrected chi connectivity index (χ2v) is 7.51. The van der Waals surface area contributed by atoms with Crippen molar-refractivity contribution in [2.45, 2.75) is 44.4 Å². The van der Waals surface area contributed by atoms with E-state index in [9.17, 15) is 4.79 Å². The van der Waals surface area contributed by atoms with Crippen LogP contribution in [-0.4, -0.2) is 48.6 Å². The van der Waals surface area contributed by atoms with Gasteiger partial charge in [-0.1, -0.05) is 18.0 Å². The molecule has 4 heterocycles. The van der Waals surface area contributed by atoms with Crippen LogP contribution in [0, 0.1) is 0 Å². The van der Waals surface area contributed by atoms with Crippen LogP contribution in [0.5, 0.6) is 0 Å². The van der Waals surface area contributed by atoms with Crippen LogP contribution in [0.1, 0.15) is 60.8 Å². The second-order valence-electron chi connectivity index (χ2n) is 7.51. The van der Waals surface area contributed by atoms with E-state index in [1.165, 1.54) is 12.8 Å². The zero-order valence-corrected chi connectivity index (χ0v) is 15.6. The Kier molecular flexibility index (Phi) is 4.38. The maximum absolute atomic E-state index is 12.8. The van der Waals surface area contributed by atoms with E-state index in [-0.39, 0.29) is 5.91 Å². The lowest BCUT2D eigenvalue weighted by Crippen LogP contribution is -2.32. The van der Waals surface area contributed by atoms with Crippen LogP contribution in [0.25, 0.3) is 17.3 Å². The van der Waals surface area contributed by atoms with Crippen molar-refractivity contribution in [1.29, 1.82) is 0 Å². The first-order valence-corrected chi connectivity index (χ1v) is 9.91. The molecule has 1 saturated carbocycles. The van der Waals surface area contributed by atoms with Gasteiger partial charge in [-0.15, -0.1) is 0 Å². The topological polar surface area (TPSA) is 89.9 Å². The summed E-state index contributed by atoms with van der Waals surface area (Å²) in [6, 6.07) is 3.71. The average molecular weight is 378 g/mol. The standard InChI is InChI=1S/C20H22N6O2/c27-20(25-9-3-1-2-4-10-25)16-12-26(13-22-16)17-11-15(7-8-21-17)19-23-18(24-28-19)14-5-6-14/h7-8,11-14H,1-6,9-10H2. The van der Waals surface area contributed by atoms with E-state index in [2.05, 4.69) is 20.1 Å². The molecule has 1 amide bonds. The maximum atomic E-state index is 12.8. The number of carbonyl (C=O) groups excluding carboxylic acids is 1. The number of aromatic nitrogens is 5. The van der Waals surface area contributed by atoms with Crippen LogP contribution in [0.3, 0.4) is 0 Å². The lowest BCUT2D eigenvalue weighted by atomic mass is 10.2. The van der Waals surface area contributed by atoms with Gasteiger partial charge in [0.1, 0.15) is 17.8 Å². The molecule has 1 saturated heterocycles. The van der Waals surface area contributed by atoms with Gasteiger partial charge in [-0.3, -0.25) is 9.36 Å². The number of carbonyl (C=O) groups is 1. The lowest BCUT2D eigenvalue weighted by molar-refractivity contribution is 0.0756. The summed E-state index contributed by atoms with van der Waals surface area (Å²) < 4.78 is 7.16. The van der Waals surface area contributed by atoms with Gasteiger partial charge in [0.15, 0.2) is 5.82 Å². The molecular weight excluding hydrogens is 356 g/mol. The fourth-order valence-electron chi connectivity index (χ4n) is 3.55. The van der Waals surface area contributed by atoms with Crippen molar-refractivity contribution in [2.75, 3.05) is 13.1 Å². The lowest BCUT2D eigenvalue weighted by Gasteiger charge is -2.18. The van der Waals surface area contributed by atoms with Crippen molar-refractivity contribution in [2.24, 2.45) is 0 Å². The highest BCUT2D eigenvalue weighted by molar-refractivity contribution is 5.92. The van der Waals surface area contributed by atoms with Crippen molar-refractivity contribution in [3.8, 4) is 17.3 Å². The van der Waals surface area contributed by atoms with Gasteiger partial charge in [0, 0.05) is 37.0 Å². The van der Waals surface area contributed by atoms with E-state index in [4.69, 9.17) is 4.52 Å². The molecule has 3 aromatic rings. The molecule has 0 N–H and O–H groups in total. The molecule has 1 aliphatic heterocycles. The Morgan fingerprint density at radius 2 is 1.93 bits per heavy atom. The van der Waals surface area contributed by atoms with Gasteiger partial charge < -0.3 is 9.42 Å². The van der Waals surface area contributed by atoms with Gasteiger partial charge in [-0.2, -0.15) is 4.98 Å². The smallest absolute Gasteiger partial charge is 0.274 e. The minimum Gasteiger partial charge on any atom is -0.337 e. The van der Waals surface area contributed by atoms with Crippen LogP contribution in [0.4, 0.5) is 0 Å². The first-order chi connectivity index (χ1) is 13.8. The predicted octanol–water partition coefficient (Wildman–Crippen LogP) is 3.21. The highest BCUT2D eigenvalue weighted by atomic mass is 16.5. The molecule has 0 spiro atoms. The molecule has 2 fully saturated rings. The summed E-state index contributed by atoms with van der Waals surface area (Å²) in [5.74, 6) is 2.36. The molecule has 144 valence electrons. The van der Waals surface area contributed by atoms with Crippen LogP contribution in [-0.2, 0) is 0 Å². The Balaban J connectivity index is 1.37. The SMILES string of the molecule is O=C(c1cn(-c2cc(-c3nc(C4CC4)no3)ccn2)cn1)N1CCCCCC1. The fraction of sp³-hybridized carbons (Fsp3) is 0.450. The van der Waals surface area contributed by atoms with E-state index >= 15 is 0 Å². The Morgan fingerprint density at radius 3 is 2.71 bits per heavy atom. The van der Waals surface area contributed by atoms with Gasteiger partial charge in [-0.25, -0.2) is 9.97 Å². The number of likely N-dealkylation sites (tertiary alicyclic amines) is 1. The normalized spacial score (nSPS) is 17.5. The highest BCUT2D eigenvalue weighted by Gasteiger charge is 2.29. The van der Waals surface area contributed by atoms with Gasteiger partial charge in [0.2, 0.25) is 0 Å². The van der Waals surface area contributed by atoms with Crippen LogP contribution < -0.4 is 0 Å². The summed E-state index contributed by atoms with van der Waals surface area (Å²) in [5.41, 5.74) is 1.25. The van der Waals surface area contributed by atoms with E-state index in [0.29, 0.717) is 23.3 Å². The molecule has 2 aliphatic rings. The molecule has 8 heteroatoms. The number of amides is 1. The zero-order valence-electron chi connectivity index (χ0n) is 15.6. The number of imidazole rings is 1. The van der Waals surface area contributed by atoms with Crippen LogP contribution in [0.15, 0.2) is 35.4 Å². The molecule has 1 aliphatic carbocycles. The van der Waals surface area contributed by atoms with Crippen LogP contribution in [0.2, 0.25) is 0 Å². The monoisotopic (exact) mass is 378 g/mol. The number of rotatable bonds is 4. The molecule has 8 nitrogen and oxygen atoms in total.